The van der Waals surface area contributed by atoms with E-state index in [1.165, 1.54) is 0 Å². The summed E-state index contributed by atoms with van der Waals surface area (Å²) in [4.78, 5) is 11.1. The van der Waals surface area contributed by atoms with E-state index in [9.17, 15) is 5.11 Å². The van der Waals surface area contributed by atoms with E-state index in [1.807, 2.05) is 18.2 Å². The molecule has 0 amide bonds. The van der Waals surface area contributed by atoms with E-state index in [2.05, 4.69) is 14.9 Å². The van der Waals surface area contributed by atoms with Crippen molar-refractivity contribution in [3.05, 3.63) is 42.2 Å². The smallest absolute Gasteiger partial charge is 0.162 e. The van der Waals surface area contributed by atoms with E-state index in [1.54, 1.807) is 39.8 Å². The summed E-state index contributed by atoms with van der Waals surface area (Å²) in [6.07, 6.45) is 1.32. The van der Waals surface area contributed by atoms with Crippen LogP contribution < -0.4 is 19.1 Å². The number of ether oxygens (including phenoxy) is 4. The Balaban J connectivity index is 1.70. The molecule has 8 heteroatoms. The van der Waals surface area contributed by atoms with Gasteiger partial charge in [-0.3, -0.25) is 0 Å². The van der Waals surface area contributed by atoms with Gasteiger partial charge in [0.2, 0.25) is 0 Å². The molecule has 1 aliphatic rings. The summed E-state index contributed by atoms with van der Waals surface area (Å²) in [5.41, 5.74) is 1.62. The molecule has 2 aromatic carbocycles. The number of benzene rings is 2. The number of phenolic OH excluding ortho intramolecular Hbond substituents is 1. The first-order valence-electron chi connectivity index (χ1n) is 9.24. The molecule has 0 radical (unpaired) electrons. The number of nitrogens with zero attached hydrogens (tertiary/aromatic N) is 3. The van der Waals surface area contributed by atoms with Gasteiger partial charge in [0.25, 0.3) is 0 Å². The van der Waals surface area contributed by atoms with Crippen LogP contribution in [0, 0.1) is 0 Å². The Kier molecular flexibility index (Phi) is 5.26. The molecule has 0 saturated carbocycles. The summed E-state index contributed by atoms with van der Waals surface area (Å²) >= 11 is 0. The topological polar surface area (TPSA) is 86.2 Å². The quantitative estimate of drug-likeness (QED) is 0.703. The second kappa shape index (κ2) is 8.00. The number of rotatable bonds is 5. The Morgan fingerprint density at radius 2 is 1.79 bits per heavy atom. The standard InChI is InChI=1S/C21H23N3O5/c1-26-15-7-13(6-14(25)8-15)20-11-24(4-5-29-20)21-16-9-18(27-2)19(28-3)10-17(16)22-12-23-21/h6-10,12,20,25H,4-5,11H2,1-3H3. The Bertz CT molecular complexity index is 1030. The molecule has 1 saturated heterocycles. The van der Waals surface area contributed by atoms with E-state index in [-0.39, 0.29) is 11.9 Å². The van der Waals surface area contributed by atoms with Crippen LogP contribution in [0.5, 0.6) is 23.0 Å². The number of anilines is 1. The van der Waals surface area contributed by atoms with Gasteiger partial charge in [-0.05, 0) is 23.8 Å². The van der Waals surface area contributed by atoms with Crippen LogP contribution in [0.1, 0.15) is 11.7 Å². The van der Waals surface area contributed by atoms with Gasteiger partial charge in [0, 0.05) is 30.6 Å². The molecule has 0 aliphatic carbocycles. The number of aromatic hydroxyl groups is 1. The van der Waals surface area contributed by atoms with Gasteiger partial charge in [-0.25, -0.2) is 9.97 Å². The molecule has 8 nitrogen and oxygen atoms in total. The summed E-state index contributed by atoms with van der Waals surface area (Å²) in [5, 5.41) is 10.9. The van der Waals surface area contributed by atoms with E-state index in [4.69, 9.17) is 18.9 Å². The lowest BCUT2D eigenvalue weighted by Gasteiger charge is -2.34. The van der Waals surface area contributed by atoms with Crippen molar-refractivity contribution in [2.75, 3.05) is 45.9 Å². The van der Waals surface area contributed by atoms with Crippen LogP contribution in [0.4, 0.5) is 5.82 Å². The fourth-order valence-corrected chi connectivity index (χ4v) is 3.57. The lowest BCUT2D eigenvalue weighted by atomic mass is 10.1. The van der Waals surface area contributed by atoms with E-state index < -0.39 is 0 Å². The van der Waals surface area contributed by atoms with Gasteiger partial charge in [-0.2, -0.15) is 0 Å². The highest BCUT2D eigenvalue weighted by molar-refractivity contribution is 5.92. The largest absolute Gasteiger partial charge is 0.508 e. The molecule has 0 spiro atoms. The molecule has 1 aliphatic heterocycles. The van der Waals surface area contributed by atoms with Crippen LogP contribution in [0.15, 0.2) is 36.7 Å². The third-order valence-corrected chi connectivity index (χ3v) is 5.01. The molecular weight excluding hydrogens is 374 g/mol. The number of hydrogen-bond donors (Lipinski definition) is 1. The molecule has 1 atom stereocenters. The molecule has 1 unspecified atom stereocenters. The molecular formula is C21H23N3O5. The third kappa shape index (κ3) is 3.71. The summed E-state index contributed by atoms with van der Waals surface area (Å²) in [6.45, 7) is 1.79. The van der Waals surface area contributed by atoms with Gasteiger partial charge in [0.1, 0.15) is 29.7 Å². The number of phenols is 1. The minimum absolute atomic E-state index is 0.143. The Labute approximate surface area is 168 Å². The van der Waals surface area contributed by atoms with E-state index in [0.717, 1.165) is 22.3 Å². The highest BCUT2D eigenvalue weighted by Crippen LogP contribution is 2.36. The zero-order chi connectivity index (χ0) is 20.4. The Morgan fingerprint density at radius 3 is 2.55 bits per heavy atom. The fourth-order valence-electron chi connectivity index (χ4n) is 3.57. The SMILES string of the molecule is COc1cc(O)cc(C2CN(c3ncnc4cc(OC)c(OC)cc34)CCO2)c1. The fraction of sp³-hybridized carbons (Fsp3) is 0.333. The third-order valence-electron chi connectivity index (χ3n) is 5.01. The van der Waals surface area contributed by atoms with Crippen LogP contribution in [-0.2, 0) is 4.74 Å². The maximum absolute atomic E-state index is 9.99. The number of methoxy groups -OCH3 is 3. The minimum atomic E-state index is -0.227. The Hall–Kier alpha value is -3.26. The highest BCUT2D eigenvalue weighted by atomic mass is 16.5. The zero-order valence-electron chi connectivity index (χ0n) is 16.6. The van der Waals surface area contributed by atoms with Crippen LogP contribution in [0.25, 0.3) is 10.9 Å². The van der Waals surface area contributed by atoms with Crippen LogP contribution in [0.3, 0.4) is 0 Å². The maximum atomic E-state index is 9.99. The zero-order valence-corrected chi connectivity index (χ0v) is 16.6. The summed E-state index contributed by atoms with van der Waals surface area (Å²) in [7, 11) is 4.77. The first-order valence-corrected chi connectivity index (χ1v) is 9.24. The monoisotopic (exact) mass is 397 g/mol. The lowest BCUT2D eigenvalue weighted by Crippen LogP contribution is -2.39. The van der Waals surface area contributed by atoms with Gasteiger partial charge >= 0.3 is 0 Å². The molecule has 152 valence electrons. The van der Waals surface area contributed by atoms with Crippen molar-refractivity contribution >= 4 is 16.7 Å². The average Bonchev–Trinajstić information content (AvgIpc) is 2.77. The van der Waals surface area contributed by atoms with Crippen molar-refractivity contribution in [2.45, 2.75) is 6.10 Å². The highest BCUT2D eigenvalue weighted by Gasteiger charge is 2.25. The van der Waals surface area contributed by atoms with Crippen LogP contribution in [0.2, 0.25) is 0 Å². The molecule has 4 rings (SSSR count). The second-order valence-corrected chi connectivity index (χ2v) is 6.69. The molecule has 1 fully saturated rings. The average molecular weight is 397 g/mol. The van der Waals surface area contributed by atoms with Gasteiger partial charge in [0.05, 0.1) is 33.5 Å². The number of hydrogen-bond acceptors (Lipinski definition) is 8. The van der Waals surface area contributed by atoms with Crippen molar-refractivity contribution in [3.8, 4) is 23.0 Å². The Morgan fingerprint density at radius 1 is 1.00 bits per heavy atom. The molecule has 2 heterocycles. The van der Waals surface area contributed by atoms with Crippen molar-refractivity contribution in [1.82, 2.24) is 9.97 Å². The number of morpholine rings is 1. The molecule has 3 aromatic rings. The van der Waals surface area contributed by atoms with Crippen molar-refractivity contribution in [2.24, 2.45) is 0 Å². The molecule has 1 aromatic heterocycles. The lowest BCUT2D eigenvalue weighted by molar-refractivity contribution is 0.0393. The van der Waals surface area contributed by atoms with Crippen molar-refractivity contribution in [3.63, 3.8) is 0 Å². The molecule has 29 heavy (non-hydrogen) atoms. The summed E-state index contributed by atoms with van der Waals surface area (Å²) in [5.74, 6) is 2.78. The van der Waals surface area contributed by atoms with Crippen molar-refractivity contribution < 1.29 is 24.1 Å². The van der Waals surface area contributed by atoms with Gasteiger partial charge in [0.15, 0.2) is 11.5 Å². The second-order valence-electron chi connectivity index (χ2n) is 6.69. The first kappa shape index (κ1) is 19.1. The van der Waals surface area contributed by atoms with Gasteiger partial charge in [-0.1, -0.05) is 0 Å². The number of fused-ring (bicyclic) bond motifs is 1. The van der Waals surface area contributed by atoms with E-state index in [0.29, 0.717) is 36.9 Å². The predicted molar refractivity (Wildman–Crippen MR) is 108 cm³/mol. The summed E-state index contributed by atoms with van der Waals surface area (Å²) in [6, 6.07) is 8.88. The van der Waals surface area contributed by atoms with E-state index >= 15 is 0 Å². The molecule has 0 bridgehead atoms. The molecule has 1 N–H and O–H groups in total. The van der Waals surface area contributed by atoms with Crippen molar-refractivity contribution in [1.29, 1.82) is 0 Å². The summed E-state index contributed by atoms with van der Waals surface area (Å²) < 4.78 is 22.1. The predicted octanol–water partition coefficient (Wildman–Crippen LogP) is 2.94. The first-order chi connectivity index (χ1) is 14.1. The minimum Gasteiger partial charge on any atom is -0.508 e. The van der Waals surface area contributed by atoms with Gasteiger partial charge in [-0.15, -0.1) is 0 Å². The maximum Gasteiger partial charge on any atom is 0.162 e. The van der Waals surface area contributed by atoms with Crippen LogP contribution in [-0.4, -0.2) is 56.1 Å². The number of aromatic nitrogens is 2. The van der Waals surface area contributed by atoms with Crippen LogP contribution >= 0.6 is 0 Å². The normalized spacial score (nSPS) is 16.7. The van der Waals surface area contributed by atoms with Gasteiger partial charge < -0.3 is 29.0 Å².